The van der Waals surface area contributed by atoms with Gasteiger partial charge in [0.15, 0.2) is 0 Å². The first-order valence-corrected chi connectivity index (χ1v) is 34.6. The molecular weight excluding hydrogens is 1260 g/mol. The Labute approximate surface area is 590 Å². The van der Waals surface area contributed by atoms with Crippen LogP contribution in [0.25, 0.3) is 193 Å². The van der Waals surface area contributed by atoms with Crippen LogP contribution in [0.4, 0.5) is 0 Å². The van der Waals surface area contributed by atoms with Gasteiger partial charge in [0, 0.05) is 131 Å². The monoisotopic (exact) mass is 1310 g/mol. The number of nitriles is 1. The molecule has 0 saturated carbocycles. The summed E-state index contributed by atoms with van der Waals surface area (Å²) in [7, 11) is 0. The van der Waals surface area contributed by atoms with Gasteiger partial charge in [-0.3, -0.25) is 19.9 Å². The molecule has 0 amide bonds. The van der Waals surface area contributed by atoms with Crippen molar-refractivity contribution in [3.63, 3.8) is 0 Å². The summed E-state index contributed by atoms with van der Waals surface area (Å²) in [6.07, 6.45) is 15.2. The van der Waals surface area contributed by atoms with Crippen molar-refractivity contribution in [3.05, 3.63) is 346 Å². The highest BCUT2D eigenvalue weighted by Gasteiger charge is 2.37. The fourth-order valence-corrected chi connectivity index (χ4v) is 16.6. The van der Waals surface area contributed by atoms with Crippen LogP contribution in [0, 0.1) is 11.3 Å². The lowest BCUT2D eigenvalue weighted by atomic mass is 9.94. The van der Waals surface area contributed by atoms with Crippen LogP contribution in [0.2, 0.25) is 0 Å². The van der Waals surface area contributed by atoms with E-state index in [1.165, 1.54) is 0 Å². The maximum Gasteiger partial charge on any atom is 0.0991 e. The quantitative estimate of drug-likeness (QED) is 0.136. The second-order valence-corrected chi connectivity index (χ2v) is 26.5. The molecule has 0 N–H and O–H groups in total. The smallest absolute Gasteiger partial charge is 0.0991 e. The first-order chi connectivity index (χ1) is 51.1. The predicted octanol–water partition coefficient (Wildman–Crippen LogP) is 23.0. The van der Waals surface area contributed by atoms with Gasteiger partial charge in [-0.05, 0) is 149 Å². The molecule has 103 heavy (non-hydrogen) atoms. The number of aromatic nitrogens is 9. The van der Waals surface area contributed by atoms with E-state index in [9.17, 15) is 5.26 Å². The molecule has 9 aromatic heterocycles. The van der Waals surface area contributed by atoms with Crippen LogP contribution in [0.3, 0.4) is 0 Å². The molecule has 0 aliphatic heterocycles. The van der Waals surface area contributed by atoms with Crippen molar-refractivity contribution < 1.29 is 0 Å². The third kappa shape index (κ3) is 8.73. The summed E-state index contributed by atoms with van der Waals surface area (Å²) in [5.74, 6) is 0. The Hall–Kier alpha value is -14.3. The normalized spacial score (nSPS) is 11.9. The van der Waals surface area contributed by atoms with Crippen molar-refractivity contribution in [2.75, 3.05) is 0 Å². The predicted molar refractivity (Wildman–Crippen MR) is 421 cm³/mol. The standard InChI is InChI=1S/C93H56N10/c94-53-58-33-35-59(36-34-58)88-89(99-78-27-7-1-21-68(78)69-22-2-8-28-79(69)99)91(102-84-41-37-60(64-17-13-45-95-54-64)49-74(84)75-50-61(38-42-85(75)102)65-18-14-46-96-55-65)93(101-82-31-11-5-25-72(82)73-26-6-12-32-83(73)101)92(90(88)100-80-29-9-3-23-70(80)71-24-4-10-30-81(71)100)103-86-43-39-62(66-19-15-47-97-56-66)51-76(86)77-52-63(40-44-87(77)103)67-20-16-48-98-57-67/h1-52,54-57H. The number of pyridine rings is 4. The molecular formula is C93H56N10. The van der Waals surface area contributed by atoms with Gasteiger partial charge >= 0.3 is 0 Å². The van der Waals surface area contributed by atoms with Gasteiger partial charge in [0.2, 0.25) is 0 Å². The molecule has 478 valence electrons. The highest BCUT2D eigenvalue weighted by Crippen LogP contribution is 2.55. The average Bonchev–Trinajstić information content (AvgIpc) is 1.58. The first-order valence-electron chi connectivity index (χ1n) is 34.6. The van der Waals surface area contributed by atoms with E-state index in [0.29, 0.717) is 5.56 Å². The van der Waals surface area contributed by atoms with E-state index >= 15 is 0 Å². The minimum absolute atomic E-state index is 0.551. The van der Waals surface area contributed by atoms with E-state index in [1.54, 1.807) is 0 Å². The maximum atomic E-state index is 10.9. The van der Waals surface area contributed by atoms with Crippen molar-refractivity contribution in [1.82, 2.24) is 42.8 Å². The van der Waals surface area contributed by atoms with E-state index in [-0.39, 0.29) is 0 Å². The molecule has 9 heterocycles. The molecule has 0 radical (unpaired) electrons. The lowest BCUT2D eigenvalue weighted by Crippen LogP contribution is -2.18. The van der Waals surface area contributed by atoms with Gasteiger partial charge in [-0.25, -0.2) is 0 Å². The summed E-state index contributed by atoms with van der Waals surface area (Å²) in [5, 5.41) is 21.8. The summed E-state index contributed by atoms with van der Waals surface area (Å²) in [6, 6.07) is 109. The van der Waals surface area contributed by atoms with E-state index in [2.05, 4.69) is 304 Å². The van der Waals surface area contributed by atoms with Gasteiger partial charge in [0.05, 0.1) is 95.2 Å². The van der Waals surface area contributed by atoms with Gasteiger partial charge in [-0.15, -0.1) is 0 Å². The average molecular weight is 1310 g/mol. The largest absolute Gasteiger partial charge is 0.306 e. The second-order valence-electron chi connectivity index (χ2n) is 26.5. The number of benzene rings is 12. The van der Waals surface area contributed by atoms with Gasteiger partial charge in [0.25, 0.3) is 0 Å². The fraction of sp³-hybridized carbons (Fsp3) is 0. The molecule has 0 bridgehead atoms. The van der Waals surface area contributed by atoms with Crippen LogP contribution in [0.5, 0.6) is 0 Å². The summed E-state index contributed by atoms with van der Waals surface area (Å²) in [6.45, 7) is 0. The van der Waals surface area contributed by atoms with Crippen molar-refractivity contribution in [2.24, 2.45) is 0 Å². The molecule has 21 aromatic rings. The number of nitrogens with zero attached hydrogens (tertiary/aromatic N) is 10. The van der Waals surface area contributed by atoms with E-state index in [4.69, 9.17) is 0 Å². The van der Waals surface area contributed by atoms with Crippen molar-refractivity contribution >= 4 is 109 Å². The number of fused-ring (bicyclic) bond motifs is 15. The minimum Gasteiger partial charge on any atom is -0.306 e. The van der Waals surface area contributed by atoms with Crippen LogP contribution in [0.15, 0.2) is 341 Å². The number of para-hydroxylation sites is 6. The van der Waals surface area contributed by atoms with Crippen molar-refractivity contribution in [1.29, 1.82) is 5.26 Å². The lowest BCUT2D eigenvalue weighted by molar-refractivity contribution is 1.00. The Balaban J connectivity index is 1.10. The van der Waals surface area contributed by atoms with Crippen LogP contribution in [-0.2, 0) is 0 Å². The molecule has 0 unspecified atom stereocenters. The van der Waals surface area contributed by atoms with Crippen LogP contribution >= 0.6 is 0 Å². The SMILES string of the molecule is N#Cc1ccc(-c2c(-n3c4ccccc4c4ccccc43)c(-n3c4ccc(-c5cccnc5)cc4c4cc(-c5cccnc5)ccc43)c(-n3c4ccccc4c4ccccc43)c(-n3c4ccc(-c5cccnc5)cc4c4cc(-c5cccnc5)ccc43)c2-n2c3ccccc3c3ccccc32)cc1. The lowest BCUT2D eigenvalue weighted by Gasteiger charge is -2.32. The van der Waals surface area contributed by atoms with Crippen LogP contribution in [0.1, 0.15) is 5.56 Å². The molecule has 0 saturated heterocycles. The molecule has 10 heteroatoms. The highest BCUT2D eigenvalue weighted by atomic mass is 15.2. The Bertz CT molecular complexity index is 6400. The van der Waals surface area contributed by atoms with Crippen molar-refractivity contribution in [2.45, 2.75) is 0 Å². The highest BCUT2D eigenvalue weighted by molar-refractivity contribution is 6.20. The Morgan fingerprint density at radius 3 is 0.689 bits per heavy atom. The summed E-state index contributed by atoms with van der Waals surface area (Å²) in [4.78, 5) is 18.7. The first kappa shape index (κ1) is 57.8. The molecule has 0 atom stereocenters. The summed E-state index contributed by atoms with van der Waals surface area (Å²) in [5.41, 5.74) is 25.3. The summed E-state index contributed by atoms with van der Waals surface area (Å²) >= 11 is 0. The Kier molecular flexibility index (Phi) is 12.8. The number of hydrogen-bond acceptors (Lipinski definition) is 5. The van der Waals surface area contributed by atoms with Crippen molar-refractivity contribution in [3.8, 4) is 90.1 Å². The summed E-state index contributed by atoms with van der Waals surface area (Å²) < 4.78 is 12.9. The van der Waals surface area contributed by atoms with Gasteiger partial charge in [0.1, 0.15) is 0 Å². The molecule has 12 aromatic carbocycles. The third-order valence-electron chi connectivity index (χ3n) is 21.0. The van der Waals surface area contributed by atoms with Crippen LogP contribution in [-0.4, -0.2) is 42.8 Å². The number of rotatable bonds is 10. The van der Waals surface area contributed by atoms with Gasteiger partial charge in [-0.1, -0.05) is 170 Å². The zero-order valence-electron chi connectivity index (χ0n) is 55.3. The zero-order valence-corrected chi connectivity index (χ0v) is 55.3. The van der Waals surface area contributed by atoms with E-state index in [0.717, 1.165) is 193 Å². The van der Waals surface area contributed by atoms with Crippen LogP contribution < -0.4 is 0 Å². The zero-order chi connectivity index (χ0) is 67.8. The Morgan fingerprint density at radius 2 is 0.437 bits per heavy atom. The third-order valence-corrected chi connectivity index (χ3v) is 21.0. The molecule has 0 aliphatic carbocycles. The Morgan fingerprint density at radius 1 is 0.204 bits per heavy atom. The number of hydrogen-bond donors (Lipinski definition) is 0. The molecule has 0 spiro atoms. The van der Waals surface area contributed by atoms with Gasteiger partial charge in [-0.2, -0.15) is 5.26 Å². The molecule has 0 aliphatic rings. The van der Waals surface area contributed by atoms with Gasteiger partial charge < -0.3 is 22.8 Å². The van der Waals surface area contributed by atoms with E-state index < -0.39 is 0 Å². The molecule has 0 fully saturated rings. The maximum absolute atomic E-state index is 10.9. The molecule has 10 nitrogen and oxygen atoms in total. The fourth-order valence-electron chi connectivity index (χ4n) is 16.6. The molecule has 21 rings (SSSR count). The second kappa shape index (κ2) is 22.9. The topological polar surface area (TPSA) is 100 Å². The van der Waals surface area contributed by atoms with E-state index in [1.807, 2.05) is 86.0 Å². The minimum atomic E-state index is 0.551.